The van der Waals surface area contributed by atoms with Gasteiger partial charge in [0.25, 0.3) is 0 Å². The summed E-state index contributed by atoms with van der Waals surface area (Å²) in [5.41, 5.74) is 3.57. The van der Waals surface area contributed by atoms with Crippen LogP contribution >= 0.6 is 0 Å². The topological polar surface area (TPSA) is 80.8 Å². The third kappa shape index (κ3) is 5.60. The molecule has 5 rings (SSSR count). The number of amides is 2. The predicted octanol–water partition coefficient (Wildman–Crippen LogP) is 1.92. The average molecular weight is 523 g/mol. The molecule has 3 aliphatic heterocycles. The lowest BCUT2D eigenvalue weighted by Gasteiger charge is -2.43. The number of nitrogens with zero attached hydrogens (tertiary/aromatic N) is 4. The predicted molar refractivity (Wildman–Crippen MR) is 146 cm³/mol. The van der Waals surface area contributed by atoms with Crippen molar-refractivity contribution < 1.29 is 14.0 Å². The standard InChI is InChI=1S/C29H39FN6O2/c1-19-15-35(24(14-32-19)16-34-10-9-31-28(38)20(34)2)17-26(37)36-18-29(3,4)27-25(36)12-22(13-33-27)11-21-5-7-23(30)8-6-21/h5-8,12-13,19-20,24,32H,9-11,14-18H2,1-4H3,(H,31,38)/t19-,20-,24-/m1/s1. The number of benzene rings is 1. The van der Waals surface area contributed by atoms with Gasteiger partial charge < -0.3 is 15.5 Å². The highest BCUT2D eigenvalue weighted by molar-refractivity contribution is 5.97. The molecular weight excluding hydrogens is 483 g/mol. The fourth-order valence-electron chi connectivity index (χ4n) is 5.95. The van der Waals surface area contributed by atoms with Crippen molar-refractivity contribution in [2.24, 2.45) is 0 Å². The Labute approximate surface area is 224 Å². The van der Waals surface area contributed by atoms with Crippen LogP contribution in [0.15, 0.2) is 36.5 Å². The molecule has 204 valence electrons. The molecule has 1 aromatic heterocycles. The second kappa shape index (κ2) is 10.7. The quantitative estimate of drug-likeness (QED) is 0.604. The number of rotatable bonds is 6. The lowest BCUT2D eigenvalue weighted by Crippen LogP contribution is -2.63. The Bertz CT molecular complexity index is 1190. The molecule has 1 aromatic carbocycles. The lowest BCUT2D eigenvalue weighted by molar-refractivity contribution is -0.129. The van der Waals surface area contributed by atoms with Gasteiger partial charge in [-0.1, -0.05) is 26.0 Å². The molecule has 0 bridgehead atoms. The SMILES string of the molecule is C[C@@H]1CN(CC(=O)N2CC(C)(C)c3ncc(Cc4ccc(F)cc4)cc32)[C@@H](CN2CCNC(=O)[C@H]2C)CN1. The number of carbonyl (C=O) groups excluding carboxylic acids is 2. The van der Waals surface area contributed by atoms with E-state index in [0.29, 0.717) is 26.1 Å². The summed E-state index contributed by atoms with van der Waals surface area (Å²) in [5, 5.41) is 6.49. The molecule has 2 amide bonds. The fourth-order valence-corrected chi connectivity index (χ4v) is 5.95. The summed E-state index contributed by atoms with van der Waals surface area (Å²) in [6.07, 6.45) is 2.50. The Morgan fingerprint density at radius 2 is 1.92 bits per heavy atom. The van der Waals surface area contributed by atoms with Crippen LogP contribution in [0, 0.1) is 5.82 Å². The Morgan fingerprint density at radius 1 is 1.16 bits per heavy atom. The van der Waals surface area contributed by atoms with Crippen molar-refractivity contribution in [3.05, 3.63) is 59.2 Å². The van der Waals surface area contributed by atoms with E-state index in [9.17, 15) is 14.0 Å². The first-order chi connectivity index (χ1) is 18.1. The monoisotopic (exact) mass is 522 g/mol. The number of aromatic nitrogens is 1. The van der Waals surface area contributed by atoms with Crippen molar-refractivity contribution >= 4 is 17.5 Å². The Hall–Kier alpha value is -2.88. The first-order valence-corrected chi connectivity index (χ1v) is 13.6. The molecule has 2 N–H and O–H groups in total. The lowest BCUT2D eigenvalue weighted by atomic mass is 9.91. The summed E-state index contributed by atoms with van der Waals surface area (Å²) in [4.78, 5) is 37.2. The molecule has 2 fully saturated rings. The van der Waals surface area contributed by atoms with Gasteiger partial charge in [-0.05, 0) is 49.6 Å². The number of piperazine rings is 2. The largest absolute Gasteiger partial charge is 0.353 e. The van der Waals surface area contributed by atoms with Crippen molar-refractivity contribution in [3.63, 3.8) is 0 Å². The molecule has 8 nitrogen and oxygen atoms in total. The van der Waals surface area contributed by atoms with E-state index in [0.717, 1.165) is 48.7 Å². The van der Waals surface area contributed by atoms with Gasteiger partial charge in [0.1, 0.15) is 5.82 Å². The van der Waals surface area contributed by atoms with Crippen LogP contribution in [0.3, 0.4) is 0 Å². The minimum Gasteiger partial charge on any atom is -0.353 e. The van der Waals surface area contributed by atoms with Crippen LogP contribution in [0.5, 0.6) is 0 Å². The Balaban J connectivity index is 1.33. The van der Waals surface area contributed by atoms with Crippen molar-refractivity contribution in [2.45, 2.75) is 57.7 Å². The second-order valence-corrected chi connectivity index (χ2v) is 11.7. The van der Waals surface area contributed by atoms with Crippen LogP contribution in [0.2, 0.25) is 0 Å². The number of anilines is 1. The van der Waals surface area contributed by atoms with Crippen molar-refractivity contribution in [3.8, 4) is 0 Å². The molecule has 9 heteroatoms. The van der Waals surface area contributed by atoms with Crippen LogP contribution in [0.1, 0.15) is 44.5 Å². The van der Waals surface area contributed by atoms with Gasteiger partial charge in [0, 0.05) is 63.0 Å². The first kappa shape index (κ1) is 26.7. The molecule has 0 radical (unpaired) electrons. The molecule has 4 heterocycles. The number of fused-ring (bicyclic) bond motifs is 1. The summed E-state index contributed by atoms with van der Waals surface area (Å²) in [7, 11) is 0. The van der Waals surface area contributed by atoms with E-state index in [4.69, 9.17) is 4.98 Å². The maximum absolute atomic E-state index is 13.8. The number of carbonyl (C=O) groups is 2. The smallest absolute Gasteiger partial charge is 0.241 e. The van der Waals surface area contributed by atoms with E-state index in [-0.39, 0.29) is 41.2 Å². The minimum absolute atomic E-state index is 0.0656. The molecule has 0 aliphatic carbocycles. The molecule has 0 unspecified atom stereocenters. The van der Waals surface area contributed by atoms with Gasteiger partial charge in [0.05, 0.1) is 24.0 Å². The van der Waals surface area contributed by atoms with Gasteiger partial charge in [0.15, 0.2) is 0 Å². The highest BCUT2D eigenvalue weighted by Crippen LogP contribution is 2.39. The van der Waals surface area contributed by atoms with Gasteiger partial charge in [-0.15, -0.1) is 0 Å². The maximum atomic E-state index is 13.8. The molecule has 2 saturated heterocycles. The van der Waals surface area contributed by atoms with Crippen molar-refractivity contribution in [1.82, 2.24) is 25.4 Å². The van der Waals surface area contributed by atoms with Gasteiger partial charge in [-0.25, -0.2) is 4.39 Å². The van der Waals surface area contributed by atoms with Crippen LogP contribution in [0.25, 0.3) is 0 Å². The first-order valence-electron chi connectivity index (χ1n) is 13.6. The van der Waals surface area contributed by atoms with E-state index in [1.165, 1.54) is 12.1 Å². The second-order valence-electron chi connectivity index (χ2n) is 11.7. The maximum Gasteiger partial charge on any atom is 0.241 e. The highest BCUT2D eigenvalue weighted by Gasteiger charge is 2.41. The summed E-state index contributed by atoms with van der Waals surface area (Å²) in [6.45, 7) is 13.0. The molecular formula is C29H39FN6O2. The minimum atomic E-state index is -0.252. The van der Waals surface area contributed by atoms with Gasteiger partial charge in [-0.2, -0.15) is 0 Å². The number of hydrogen-bond acceptors (Lipinski definition) is 6. The van der Waals surface area contributed by atoms with E-state index < -0.39 is 0 Å². The van der Waals surface area contributed by atoms with Crippen LogP contribution < -0.4 is 15.5 Å². The number of pyridine rings is 1. The number of halogens is 1. The molecule has 38 heavy (non-hydrogen) atoms. The zero-order valence-electron chi connectivity index (χ0n) is 22.8. The number of hydrogen-bond donors (Lipinski definition) is 2. The molecule has 0 saturated carbocycles. The fraction of sp³-hybridized carbons (Fsp3) is 0.552. The van der Waals surface area contributed by atoms with Gasteiger partial charge in [-0.3, -0.25) is 24.4 Å². The molecule has 0 spiro atoms. The molecule has 3 atom stereocenters. The van der Waals surface area contributed by atoms with Crippen molar-refractivity contribution in [2.75, 3.05) is 50.7 Å². The highest BCUT2D eigenvalue weighted by atomic mass is 19.1. The summed E-state index contributed by atoms with van der Waals surface area (Å²) in [6, 6.07) is 8.84. The summed E-state index contributed by atoms with van der Waals surface area (Å²) >= 11 is 0. The molecule has 3 aliphatic rings. The third-order valence-corrected chi connectivity index (χ3v) is 8.17. The van der Waals surface area contributed by atoms with Gasteiger partial charge in [0.2, 0.25) is 11.8 Å². The third-order valence-electron chi connectivity index (χ3n) is 8.17. The molecule has 2 aromatic rings. The van der Waals surface area contributed by atoms with Crippen LogP contribution in [0.4, 0.5) is 10.1 Å². The van der Waals surface area contributed by atoms with Crippen LogP contribution in [-0.2, 0) is 21.4 Å². The van der Waals surface area contributed by atoms with Gasteiger partial charge >= 0.3 is 0 Å². The van der Waals surface area contributed by atoms with E-state index in [2.05, 4.69) is 47.3 Å². The normalized spacial score (nSPS) is 25.8. The summed E-state index contributed by atoms with van der Waals surface area (Å²) < 4.78 is 13.4. The zero-order chi connectivity index (χ0) is 27.0. The number of nitrogens with one attached hydrogen (secondary N) is 2. The summed E-state index contributed by atoms with van der Waals surface area (Å²) in [5.74, 6) is -0.116. The Morgan fingerprint density at radius 3 is 2.68 bits per heavy atom. The average Bonchev–Trinajstić information content (AvgIpc) is 3.15. The van der Waals surface area contributed by atoms with E-state index in [1.54, 1.807) is 12.1 Å². The Kier molecular flexibility index (Phi) is 7.53. The zero-order valence-corrected chi connectivity index (χ0v) is 22.8. The van der Waals surface area contributed by atoms with E-state index >= 15 is 0 Å². The van der Waals surface area contributed by atoms with E-state index in [1.807, 2.05) is 18.0 Å². The van der Waals surface area contributed by atoms with Crippen molar-refractivity contribution in [1.29, 1.82) is 0 Å². The van der Waals surface area contributed by atoms with Crippen LogP contribution in [-0.4, -0.2) is 90.5 Å².